The van der Waals surface area contributed by atoms with Crippen LogP contribution in [0.3, 0.4) is 0 Å². The number of rotatable bonds is 10. The van der Waals surface area contributed by atoms with Gasteiger partial charge in [0.1, 0.15) is 0 Å². The van der Waals surface area contributed by atoms with Gasteiger partial charge in [-0.05, 0) is 45.9 Å². The van der Waals surface area contributed by atoms with Crippen molar-refractivity contribution in [2.24, 2.45) is 0 Å². The van der Waals surface area contributed by atoms with Gasteiger partial charge in [0.2, 0.25) is 0 Å². The van der Waals surface area contributed by atoms with E-state index in [4.69, 9.17) is 0 Å². The zero-order valence-electron chi connectivity index (χ0n) is 19.1. The van der Waals surface area contributed by atoms with Crippen molar-refractivity contribution < 1.29 is 32.5 Å². The van der Waals surface area contributed by atoms with Crippen LogP contribution in [0.25, 0.3) is 0 Å². The first-order valence-electron chi connectivity index (χ1n) is 11.1. The molecule has 0 nitrogen and oxygen atoms in total. The number of benzene rings is 4. The molecule has 34 heavy (non-hydrogen) atoms. The van der Waals surface area contributed by atoms with E-state index in [1.165, 1.54) is 45.9 Å². The van der Waals surface area contributed by atoms with Gasteiger partial charge in [-0.15, -0.1) is 0 Å². The van der Waals surface area contributed by atoms with Crippen LogP contribution in [0.5, 0.6) is 0 Å². The SMILES string of the molecule is [Cl-].[Ir].c1ccc(PCCPc2ccccc2)cc1.c1ccc(PCCPc2ccccc2)cc1. The van der Waals surface area contributed by atoms with Gasteiger partial charge >= 0.3 is 0 Å². The predicted octanol–water partition coefficient (Wildman–Crippen LogP) is 2.99. The van der Waals surface area contributed by atoms with Crippen molar-refractivity contribution in [1.82, 2.24) is 0 Å². The van der Waals surface area contributed by atoms with Gasteiger partial charge in [-0.1, -0.05) is 156 Å². The van der Waals surface area contributed by atoms with E-state index in [2.05, 4.69) is 121 Å². The fourth-order valence-electron chi connectivity index (χ4n) is 3.05. The van der Waals surface area contributed by atoms with Crippen molar-refractivity contribution >= 4 is 55.5 Å². The standard InChI is InChI=1S/2C14H16P2.ClH.Ir/c2*1-3-7-13(8-4-1)15-11-12-16-14-9-5-2-6-10-14;;/h2*1-10,15-16H,11-12H2;1H;/p-1. The Hall–Kier alpha value is -0.461. The van der Waals surface area contributed by atoms with Gasteiger partial charge in [0.25, 0.3) is 0 Å². The molecule has 0 aliphatic heterocycles. The molecule has 0 aliphatic carbocycles. The van der Waals surface area contributed by atoms with E-state index in [9.17, 15) is 0 Å². The minimum atomic E-state index is 0. The van der Waals surface area contributed by atoms with Crippen molar-refractivity contribution in [3.8, 4) is 0 Å². The normalized spacial score (nSPS) is 11.1. The summed E-state index contributed by atoms with van der Waals surface area (Å²) in [4.78, 5) is 0. The van der Waals surface area contributed by atoms with E-state index in [-0.39, 0.29) is 32.5 Å². The fraction of sp³-hybridized carbons (Fsp3) is 0.143. The van der Waals surface area contributed by atoms with Crippen LogP contribution in [-0.4, -0.2) is 24.6 Å². The Labute approximate surface area is 232 Å². The molecular formula is C28H32ClIrP4-. The van der Waals surface area contributed by atoms with E-state index in [0.717, 1.165) is 34.3 Å². The first-order chi connectivity index (χ1) is 15.9. The Kier molecular flexibility index (Phi) is 19.2. The topological polar surface area (TPSA) is 0 Å². The van der Waals surface area contributed by atoms with Crippen molar-refractivity contribution in [2.75, 3.05) is 24.6 Å². The van der Waals surface area contributed by atoms with E-state index < -0.39 is 0 Å². The Balaban J connectivity index is 0.000000321. The summed E-state index contributed by atoms with van der Waals surface area (Å²) in [6.45, 7) is 0. The Morgan fingerprint density at radius 2 is 0.500 bits per heavy atom. The molecule has 6 heteroatoms. The Morgan fingerprint density at radius 1 is 0.324 bits per heavy atom. The molecule has 0 bridgehead atoms. The third-order valence-corrected chi connectivity index (χ3v) is 10.6. The summed E-state index contributed by atoms with van der Waals surface area (Å²) in [5.41, 5.74) is 0. The molecule has 4 unspecified atom stereocenters. The summed E-state index contributed by atoms with van der Waals surface area (Å²) >= 11 is 0. The predicted molar refractivity (Wildman–Crippen MR) is 157 cm³/mol. The maximum atomic E-state index is 2.23. The molecule has 0 saturated carbocycles. The Bertz CT molecular complexity index is 808. The minimum Gasteiger partial charge on any atom is -1.00 e. The third-order valence-electron chi connectivity index (χ3n) is 4.66. The van der Waals surface area contributed by atoms with Gasteiger partial charge in [0, 0.05) is 20.1 Å². The van der Waals surface area contributed by atoms with Crippen LogP contribution in [0.4, 0.5) is 0 Å². The van der Waals surface area contributed by atoms with E-state index in [0.29, 0.717) is 0 Å². The first-order valence-corrected chi connectivity index (χ1v) is 15.9. The number of hydrogen-bond acceptors (Lipinski definition) is 0. The molecule has 0 aromatic heterocycles. The molecule has 0 spiro atoms. The average molecular weight is 720 g/mol. The van der Waals surface area contributed by atoms with Gasteiger partial charge in [-0.25, -0.2) is 0 Å². The van der Waals surface area contributed by atoms with Crippen LogP contribution in [-0.2, 0) is 20.1 Å². The average Bonchev–Trinajstić information content (AvgIpc) is 2.88. The largest absolute Gasteiger partial charge is 1.00 e. The summed E-state index contributed by atoms with van der Waals surface area (Å²) in [6.07, 6.45) is 5.27. The van der Waals surface area contributed by atoms with Gasteiger partial charge in [0.15, 0.2) is 0 Å². The summed E-state index contributed by atoms with van der Waals surface area (Å²) in [7, 11) is 3.85. The van der Waals surface area contributed by atoms with Crippen molar-refractivity contribution in [2.45, 2.75) is 0 Å². The second-order valence-corrected chi connectivity index (χ2v) is 12.9. The van der Waals surface area contributed by atoms with Crippen molar-refractivity contribution in [1.29, 1.82) is 0 Å². The summed E-state index contributed by atoms with van der Waals surface area (Å²) in [6, 6.07) is 43.2. The quantitative estimate of drug-likeness (QED) is 0.175. The third kappa shape index (κ3) is 14.2. The molecule has 4 aromatic carbocycles. The molecule has 4 rings (SSSR count). The molecule has 1 radical (unpaired) electrons. The molecule has 0 fully saturated rings. The van der Waals surface area contributed by atoms with Crippen LogP contribution >= 0.6 is 34.3 Å². The second-order valence-electron chi connectivity index (χ2n) is 7.17. The number of hydrogen-bond donors (Lipinski definition) is 0. The first kappa shape index (κ1) is 31.6. The fourth-order valence-corrected chi connectivity index (χ4v) is 7.92. The van der Waals surface area contributed by atoms with Crippen molar-refractivity contribution in [3.05, 3.63) is 121 Å². The van der Waals surface area contributed by atoms with Gasteiger partial charge in [-0.2, -0.15) is 0 Å². The zero-order valence-corrected chi connectivity index (χ0v) is 26.2. The van der Waals surface area contributed by atoms with E-state index in [1.54, 1.807) is 0 Å². The molecule has 181 valence electrons. The molecule has 0 amide bonds. The monoisotopic (exact) mass is 720 g/mol. The summed E-state index contributed by atoms with van der Waals surface area (Å²) in [5.74, 6) is 0. The van der Waals surface area contributed by atoms with E-state index >= 15 is 0 Å². The molecule has 0 aliphatic rings. The maximum Gasteiger partial charge on any atom is 0 e. The minimum absolute atomic E-state index is 0. The van der Waals surface area contributed by atoms with E-state index in [1.807, 2.05) is 0 Å². The molecule has 0 heterocycles. The van der Waals surface area contributed by atoms with Gasteiger partial charge in [0.05, 0.1) is 0 Å². The van der Waals surface area contributed by atoms with Gasteiger partial charge < -0.3 is 12.4 Å². The molecule has 4 aromatic rings. The van der Waals surface area contributed by atoms with Crippen LogP contribution < -0.4 is 33.6 Å². The summed E-state index contributed by atoms with van der Waals surface area (Å²) < 4.78 is 0. The Morgan fingerprint density at radius 3 is 0.676 bits per heavy atom. The van der Waals surface area contributed by atoms with Crippen LogP contribution in [0, 0.1) is 0 Å². The molecule has 0 N–H and O–H groups in total. The summed E-state index contributed by atoms with van der Waals surface area (Å²) in [5, 5.41) is 5.95. The second kappa shape index (κ2) is 20.7. The van der Waals surface area contributed by atoms with Crippen molar-refractivity contribution in [3.63, 3.8) is 0 Å². The number of halogens is 1. The van der Waals surface area contributed by atoms with Crippen LogP contribution in [0.2, 0.25) is 0 Å². The van der Waals surface area contributed by atoms with Crippen LogP contribution in [0.15, 0.2) is 121 Å². The molecular weight excluding hydrogens is 688 g/mol. The van der Waals surface area contributed by atoms with Crippen LogP contribution in [0.1, 0.15) is 0 Å². The maximum absolute atomic E-state index is 2.23. The molecule has 0 saturated heterocycles. The molecule has 4 atom stereocenters. The smallest absolute Gasteiger partial charge is 0 e. The zero-order chi connectivity index (χ0) is 22.1. The van der Waals surface area contributed by atoms with Gasteiger partial charge in [-0.3, -0.25) is 0 Å².